The van der Waals surface area contributed by atoms with Crippen LogP contribution in [0.3, 0.4) is 0 Å². The molecular weight excluding hydrogens is 1330 g/mol. The van der Waals surface area contributed by atoms with Gasteiger partial charge in [-0.1, -0.05) is 83.8 Å². The van der Waals surface area contributed by atoms with E-state index in [0.29, 0.717) is 85.5 Å². The van der Waals surface area contributed by atoms with Gasteiger partial charge >= 0.3 is 0 Å². The van der Waals surface area contributed by atoms with E-state index in [4.69, 9.17) is 23.7 Å². The number of anilines is 15. The second-order valence-corrected chi connectivity index (χ2v) is 22.6. The maximum Gasteiger partial charge on any atom is 0.248 e. The Balaban J connectivity index is 0.000000244. The lowest BCUT2D eigenvalue weighted by molar-refractivity contribution is -0.112. The summed E-state index contributed by atoms with van der Waals surface area (Å²) in [7, 11) is 1.98. The summed E-state index contributed by atoms with van der Waals surface area (Å²) in [5.74, 6) is -0.510. The third kappa shape index (κ3) is 29.4. The quantitative estimate of drug-likeness (QED) is 0.0129. The number of hydrogen-bond donors (Lipinski definition) is 9. The molecule has 0 saturated carbocycles. The van der Waals surface area contributed by atoms with Crippen LogP contribution in [-0.2, 0) is 28.6 Å². The number of ether oxygens (including phenoxy) is 5. The van der Waals surface area contributed by atoms with Crippen molar-refractivity contribution in [3.63, 3.8) is 0 Å². The molecule has 27 heteroatoms. The highest BCUT2D eigenvalue weighted by Crippen LogP contribution is 2.29. The number of nitrogens with one attached hydrogen (secondary N) is 9. The molecule has 0 spiro atoms. The highest BCUT2D eigenvalue weighted by molar-refractivity contribution is 6.00. The molecular formula is C77H91F3N16O8. The van der Waals surface area contributed by atoms with Gasteiger partial charge in [0.05, 0.1) is 32.2 Å². The first-order valence-corrected chi connectivity index (χ1v) is 33.3. The predicted molar refractivity (Wildman–Crippen MR) is 408 cm³/mol. The highest BCUT2D eigenvalue weighted by Gasteiger charge is 2.14. The fraction of sp³-hybridized carbons (Fsp3) is 0.260. The topological polar surface area (TPSA) is 286 Å². The number of benzene rings is 6. The second kappa shape index (κ2) is 44.5. The average molecular weight is 1430 g/mol. The zero-order chi connectivity index (χ0) is 73.6. The van der Waals surface area contributed by atoms with Gasteiger partial charge in [-0.2, -0.15) is 15.0 Å². The van der Waals surface area contributed by atoms with Crippen LogP contribution in [-0.4, -0.2) is 126 Å². The average Bonchev–Trinajstić information content (AvgIpc) is 0.851. The monoisotopic (exact) mass is 1420 g/mol. The van der Waals surface area contributed by atoms with Gasteiger partial charge in [-0.05, 0) is 149 Å². The van der Waals surface area contributed by atoms with E-state index in [1.54, 1.807) is 66.9 Å². The van der Waals surface area contributed by atoms with Crippen LogP contribution in [0.4, 0.5) is 99.7 Å². The van der Waals surface area contributed by atoms with Crippen LogP contribution in [0.15, 0.2) is 196 Å². The van der Waals surface area contributed by atoms with Gasteiger partial charge in [-0.3, -0.25) is 14.4 Å². The normalized spacial score (nSPS) is 10.6. The number of amides is 3. The van der Waals surface area contributed by atoms with Crippen molar-refractivity contribution >= 4 is 104 Å². The first-order valence-electron chi connectivity index (χ1n) is 33.3. The fourth-order valence-electron chi connectivity index (χ4n) is 8.95. The minimum Gasteiger partial charge on any atom is -0.491 e. The molecule has 3 heterocycles. The maximum atomic E-state index is 14.4. The Labute approximate surface area is 605 Å². The largest absolute Gasteiger partial charge is 0.491 e. The van der Waals surface area contributed by atoms with Gasteiger partial charge in [0.25, 0.3) is 0 Å². The SMILES string of the molecule is C.C=CC(=O)Nc1cccc(Nc2nc(Nc3ccc(OCCOCCC)c(F)c3)ncc2F)c1.C=CC(=O)Nc1cccc(Nc2nc(Nc3cccc(OCCOCCC)c3)ncc2C)c1.CCCOCCN(C)C/C=C/C(=O)Nc1cccc(Nc2ncc(F)c(Nc3cccc(C)c3)n2)c1. The molecule has 9 rings (SSSR count). The zero-order valence-electron chi connectivity index (χ0n) is 58.5. The third-order valence-corrected chi connectivity index (χ3v) is 13.9. The van der Waals surface area contributed by atoms with Gasteiger partial charge in [-0.15, -0.1) is 0 Å². The van der Waals surface area contributed by atoms with Crippen molar-refractivity contribution in [2.75, 3.05) is 121 Å². The number of halogens is 3. The predicted octanol–water partition coefficient (Wildman–Crippen LogP) is 16.3. The molecule has 0 aliphatic rings. The second-order valence-electron chi connectivity index (χ2n) is 22.6. The lowest BCUT2D eigenvalue weighted by atomic mass is 10.2. The molecule has 0 saturated heterocycles. The first-order chi connectivity index (χ1) is 50.0. The lowest BCUT2D eigenvalue weighted by Gasteiger charge is -2.14. The molecule has 0 atom stereocenters. The van der Waals surface area contributed by atoms with Crippen molar-refractivity contribution in [2.45, 2.75) is 61.3 Å². The van der Waals surface area contributed by atoms with E-state index >= 15 is 0 Å². The van der Waals surface area contributed by atoms with E-state index in [-0.39, 0.29) is 61.0 Å². The number of carbonyl (C=O) groups is 3. The molecule has 548 valence electrons. The Morgan fingerprint density at radius 1 is 0.452 bits per heavy atom. The summed E-state index contributed by atoms with van der Waals surface area (Å²) >= 11 is 0. The molecule has 3 amide bonds. The van der Waals surface area contributed by atoms with Gasteiger partial charge < -0.3 is 76.4 Å². The Morgan fingerprint density at radius 2 is 0.875 bits per heavy atom. The van der Waals surface area contributed by atoms with Crippen molar-refractivity contribution in [3.8, 4) is 11.5 Å². The van der Waals surface area contributed by atoms with Crippen molar-refractivity contribution in [2.24, 2.45) is 0 Å². The van der Waals surface area contributed by atoms with E-state index in [2.05, 4.69) is 110 Å². The van der Waals surface area contributed by atoms with Crippen LogP contribution in [0, 0.1) is 31.3 Å². The molecule has 0 aliphatic heterocycles. The van der Waals surface area contributed by atoms with Crippen LogP contribution < -0.4 is 57.3 Å². The number of carbonyl (C=O) groups excluding carboxylic acids is 3. The van der Waals surface area contributed by atoms with Crippen molar-refractivity contribution < 1.29 is 51.2 Å². The van der Waals surface area contributed by atoms with Gasteiger partial charge in [0.15, 0.2) is 34.8 Å². The van der Waals surface area contributed by atoms with Crippen molar-refractivity contribution in [3.05, 3.63) is 224 Å². The molecule has 6 aromatic carbocycles. The molecule has 104 heavy (non-hydrogen) atoms. The summed E-state index contributed by atoms with van der Waals surface area (Å²) in [5.41, 5.74) is 7.51. The zero-order valence-corrected chi connectivity index (χ0v) is 58.5. The molecule has 0 aliphatic carbocycles. The van der Waals surface area contributed by atoms with E-state index in [0.717, 1.165) is 91.4 Å². The Kier molecular flexibility index (Phi) is 34.7. The fourth-order valence-corrected chi connectivity index (χ4v) is 8.95. The van der Waals surface area contributed by atoms with Crippen molar-refractivity contribution in [1.29, 1.82) is 0 Å². The number of aromatic nitrogens is 6. The summed E-state index contributed by atoms with van der Waals surface area (Å²) in [6, 6.07) is 40.6. The van der Waals surface area contributed by atoms with Gasteiger partial charge in [0.2, 0.25) is 35.6 Å². The third-order valence-electron chi connectivity index (χ3n) is 13.9. The van der Waals surface area contributed by atoms with Crippen LogP contribution in [0.2, 0.25) is 0 Å². The summed E-state index contributed by atoms with van der Waals surface area (Å²) in [6.45, 7) is 22.8. The minimum atomic E-state index is -0.689. The van der Waals surface area contributed by atoms with Crippen molar-refractivity contribution in [1.82, 2.24) is 34.8 Å². The molecule has 3 aromatic heterocycles. The molecule has 0 fully saturated rings. The van der Waals surface area contributed by atoms with E-state index in [1.807, 2.05) is 101 Å². The molecule has 9 aromatic rings. The van der Waals surface area contributed by atoms with Gasteiger partial charge in [-0.25, -0.2) is 28.1 Å². The van der Waals surface area contributed by atoms with Crippen LogP contribution in [0.5, 0.6) is 11.5 Å². The first kappa shape index (κ1) is 81.2. The summed E-state index contributed by atoms with van der Waals surface area (Å²) in [6.07, 6.45) is 12.4. The highest BCUT2D eigenvalue weighted by atomic mass is 19.1. The van der Waals surface area contributed by atoms with E-state index < -0.39 is 17.5 Å². The molecule has 0 unspecified atom stereocenters. The molecule has 24 nitrogen and oxygen atoms in total. The van der Waals surface area contributed by atoms with Crippen LogP contribution >= 0.6 is 0 Å². The number of rotatable bonds is 37. The molecule has 0 radical (unpaired) electrons. The minimum absolute atomic E-state index is 0. The summed E-state index contributed by atoms with van der Waals surface area (Å²) in [5, 5.41) is 26.4. The molecule has 0 bridgehead atoms. The molecule has 9 N–H and O–H groups in total. The maximum absolute atomic E-state index is 14.4. The summed E-state index contributed by atoms with van der Waals surface area (Å²) in [4.78, 5) is 62.7. The Bertz CT molecular complexity index is 4250. The Hall–Kier alpha value is -11.8. The Morgan fingerprint density at radius 3 is 1.38 bits per heavy atom. The number of nitrogens with zero attached hydrogens (tertiary/aromatic N) is 7. The van der Waals surface area contributed by atoms with Gasteiger partial charge in [0, 0.05) is 114 Å². The lowest BCUT2D eigenvalue weighted by Crippen LogP contribution is -2.23. The van der Waals surface area contributed by atoms with Crippen LogP contribution in [0.1, 0.15) is 58.6 Å². The number of likely N-dealkylation sites (N-methyl/N-ethyl adjacent to an activating group) is 1. The number of hydrogen-bond acceptors (Lipinski definition) is 21. The van der Waals surface area contributed by atoms with Crippen LogP contribution in [0.25, 0.3) is 0 Å². The van der Waals surface area contributed by atoms with E-state index in [9.17, 15) is 27.6 Å². The number of aryl methyl sites for hydroxylation is 2. The van der Waals surface area contributed by atoms with E-state index in [1.165, 1.54) is 24.3 Å². The smallest absolute Gasteiger partial charge is 0.248 e. The standard InChI is InChI=1S/C27H33FN6O2.C25H29N5O3.C24H25F2N5O3.CH4/c1-4-15-36-16-14-34(3)13-7-12-25(35)30-22-10-6-11-23(18-22)32-27-29-19-24(28)26(33-27)31-21-9-5-8-20(2)17-21;1-4-12-32-13-14-33-22-11-7-10-21(16-22)29-25-26-17-18(3)24(30-25)28-20-9-6-8-19(15-20)27-23(31)5-2;1-3-10-33-11-12-34-21-9-8-18(14-19(21)25)30-24-27-15-20(26)23(31-24)29-17-7-5-6-16(13-17)28-22(32)4-2;/h5-12,17-19H,4,13-16H2,1-3H3,(H,30,35)(H2,29,31,32,33);5-11,15-17H,2,4,12-14H2,1,3H3,(H,27,31)(H2,26,28,29,30);4-9,13-15H,2-3,10-12H2,1H3,(H,28,32)(H2,27,29,30,31);1H4/b12-7+;;;. The van der Waals surface area contributed by atoms with Gasteiger partial charge in [0.1, 0.15) is 24.8 Å². The summed E-state index contributed by atoms with van der Waals surface area (Å²) < 4.78 is 70.3.